The summed E-state index contributed by atoms with van der Waals surface area (Å²) in [5.74, 6) is 0.450. The molecule has 170 valence electrons. The van der Waals surface area contributed by atoms with Gasteiger partial charge in [0.25, 0.3) is 0 Å². The molecular formula is C23H33NO6Si. The van der Waals surface area contributed by atoms with Gasteiger partial charge in [-0.15, -0.1) is 0 Å². The molecule has 1 aromatic carbocycles. The SMILES string of the molecule is CC1(C)OC2C(O1)[C@@H]1NCc3c(cc4c(c3O)OCO4)C1=C[C@@H]2O[Si](C)(C)C(C)(C)C. The first-order valence-corrected chi connectivity index (χ1v) is 13.9. The summed E-state index contributed by atoms with van der Waals surface area (Å²) < 4.78 is 30.6. The molecule has 2 N–H and O–H groups in total. The van der Waals surface area contributed by atoms with Crippen molar-refractivity contribution >= 4 is 13.9 Å². The molecule has 0 bridgehead atoms. The molecular weight excluding hydrogens is 414 g/mol. The van der Waals surface area contributed by atoms with Crippen molar-refractivity contribution in [1.29, 1.82) is 0 Å². The average molecular weight is 448 g/mol. The van der Waals surface area contributed by atoms with E-state index >= 15 is 0 Å². The van der Waals surface area contributed by atoms with E-state index in [9.17, 15) is 5.11 Å². The molecule has 7 nitrogen and oxygen atoms in total. The number of hydrogen-bond acceptors (Lipinski definition) is 7. The Balaban J connectivity index is 1.61. The largest absolute Gasteiger partial charge is 0.504 e. The molecule has 1 aliphatic carbocycles. The topological polar surface area (TPSA) is 78.4 Å². The van der Waals surface area contributed by atoms with E-state index in [0.29, 0.717) is 18.0 Å². The number of phenols is 1. The second-order valence-corrected chi connectivity index (χ2v) is 15.6. The lowest BCUT2D eigenvalue weighted by Crippen LogP contribution is -2.57. The van der Waals surface area contributed by atoms with Crippen molar-refractivity contribution in [2.45, 2.75) is 89.4 Å². The van der Waals surface area contributed by atoms with E-state index in [4.69, 9.17) is 23.4 Å². The molecule has 0 saturated carbocycles. The fourth-order valence-corrected chi connectivity index (χ4v) is 5.93. The highest BCUT2D eigenvalue weighted by Gasteiger charge is 2.55. The first-order chi connectivity index (χ1) is 14.4. The van der Waals surface area contributed by atoms with E-state index in [1.165, 1.54) is 0 Å². The van der Waals surface area contributed by atoms with E-state index in [1.807, 2.05) is 19.9 Å². The Morgan fingerprint density at radius 3 is 2.58 bits per heavy atom. The van der Waals surface area contributed by atoms with Crippen LogP contribution in [0.15, 0.2) is 12.1 Å². The van der Waals surface area contributed by atoms with Gasteiger partial charge in [0.2, 0.25) is 12.5 Å². The first-order valence-electron chi connectivity index (χ1n) is 11.0. The number of phenolic OH excluding ortho intramolecular Hbond substituents is 1. The molecule has 0 radical (unpaired) electrons. The zero-order chi connectivity index (χ0) is 22.3. The summed E-state index contributed by atoms with van der Waals surface area (Å²) in [4.78, 5) is 0. The molecule has 0 aromatic heterocycles. The second kappa shape index (κ2) is 6.71. The summed E-state index contributed by atoms with van der Waals surface area (Å²) in [5.41, 5.74) is 2.83. The maximum atomic E-state index is 10.8. The Bertz CT molecular complexity index is 950. The molecule has 2 unspecified atom stereocenters. The van der Waals surface area contributed by atoms with Gasteiger partial charge in [0.1, 0.15) is 12.2 Å². The zero-order valence-corrected chi connectivity index (χ0v) is 20.4. The van der Waals surface area contributed by atoms with Crippen LogP contribution in [0.5, 0.6) is 17.2 Å². The number of rotatable bonds is 2. The standard InChI is InChI=1S/C23H33NO6Si/c1-22(2,3)31(6,7)30-16-9-13-12-8-15-19(27-11-26-15)18(25)14(12)10-24-17(13)21-20(16)28-23(4,5)29-21/h8-9,16-17,20-21,24-25H,10-11H2,1-7H3/t16-,17+,20?,21?/m0/s1. The summed E-state index contributed by atoms with van der Waals surface area (Å²) in [6.45, 7) is 15.8. The summed E-state index contributed by atoms with van der Waals surface area (Å²) in [6, 6.07) is 1.92. The maximum absolute atomic E-state index is 10.8. The van der Waals surface area contributed by atoms with Gasteiger partial charge in [-0.05, 0) is 55.3 Å². The van der Waals surface area contributed by atoms with Crippen LogP contribution in [0.2, 0.25) is 18.1 Å². The van der Waals surface area contributed by atoms with Gasteiger partial charge in [-0.3, -0.25) is 0 Å². The van der Waals surface area contributed by atoms with Crippen molar-refractivity contribution in [1.82, 2.24) is 5.32 Å². The number of fused-ring (bicyclic) bond motifs is 6. The number of hydrogen-bond donors (Lipinski definition) is 2. The minimum Gasteiger partial charge on any atom is -0.504 e. The van der Waals surface area contributed by atoms with Gasteiger partial charge in [0, 0.05) is 12.1 Å². The number of benzene rings is 1. The highest BCUT2D eigenvalue weighted by atomic mass is 28.4. The molecule has 31 heavy (non-hydrogen) atoms. The van der Waals surface area contributed by atoms with Crippen LogP contribution >= 0.6 is 0 Å². The van der Waals surface area contributed by atoms with Crippen LogP contribution in [-0.2, 0) is 20.4 Å². The van der Waals surface area contributed by atoms with Crippen molar-refractivity contribution in [3.8, 4) is 17.2 Å². The highest BCUT2D eigenvalue weighted by molar-refractivity contribution is 6.74. The van der Waals surface area contributed by atoms with Gasteiger partial charge >= 0.3 is 0 Å². The normalized spacial score (nSPS) is 31.0. The Morgan fingerprint density at radius 1 is 1.16 bits per heavy atom. The fraction of sp³-hybridized carbons (Fsp3) is 0.652. The summed E-state index contributed by atoms with van der Waals surface area (Å²) >= 11 is 0. The minimum atomic E-state index is -2.07. The predicted octanol–water partition coefficient (Wildman–Crippen LogP) is 3.90. The van der Waals surface area contributed by atoms with Crippen LogP contribution in [0, 0.1) is 0 Å². The molecule has 1 aromatic rings. The number of nitrogens with one attached hydrogen (secondary N) is 1. The molecule has 0 spiro atoms. The molecule has 8 heteroatoms. The third-order valence-electron chi connectivity index (χ3n) is 7.28. The van der Waals surface area contributed by atoms with E-state index in [-0.39, 0.29) is 41.9 Å². The van der Waals surface area contributed by atoms with Gasteiger partial charge in [0.05, 0.1) is 12.1 Å². The third kappa shape index (κ3) is 3.31. The van der Waals surface area contributed by atoms with Crippen LogP contribution < -0.4 is 14.8 Å². The summed E-state index contributed by atoms with van der Waals surface area (Å²) in [6.07, 6.45) is 1.54. The lowest BCUT2D eigenvalue weighted by molar-refractivity contribution is -0.152. The molecule has 0 amide bonds. The Morgan fingerprint density at radius 2 is 1.87 bits per heavy atom. The van der Waals surface area contributed by atoms with E-state index < -0.39 is 14.1 Å². The smallest absolute Gasteiger partial charge is 0.231 e. The van der Waals surface area contributed by atoms with Crippen LogP contribution in [0.4, 0.5) is 0 Å². The van der Waals surface area contributed by atoms with Crippen LogP contribution in [0.3, 0.4) is 0 Å². The van der Waals surface area contributed by atoms with Gasteiger partial charge < -0.3 is 33.8 Å². The number of aromatic hydroxyl groups is 1. The van der Waals surface area contributed by atoms with Crippen molar-refractivity contribution in [3.05, 3.63) is 23.3 Å². The van der Waals surface area contributed by atoms with E-state index in [0.717, 1.165) is 16.7 Å². The Hall–Kier alpha value is -1.58. The zero-order valence-electron chi connectivity index (χ0n) is 19.4. The summed E-state index contributed by atoms with van der Waals surface area (Å²) in [5, 5.41) is 14.5. The quantitative estimate of drug-likeness (QED) is 0.666. The molecule has 3 heterocycles. The molecule has 4 atom stereocenters. The van der Waals surface area contributed by atoms with E-state index in [1.54, 1.807) is 0 Å². The average Bonchev–Trinajstić information content (AvgIpc) is 3.24. The molecule has 4 aliphatic rings. The van der Waals surface area contributed by atoms with Crippen LogP contribution in [0.25, 0.3) is 5.57 Å². The van der Waals surface area contributed by atoms with Crippen molar-refractivity contribution in [2.24, 2.45) is 0 Å². The van der Waals surface area contributed by atoms with Gasteiger partial charge in [-0.1, -0.05) is 20.8 Å². The molecule has 3 aliphatic heterocycles. The van der Waals surface area contributed by atoms with Gasteiger partial charge in [-0.25, -0.2) is 0 Å². The first kappa shape index (κ1) is 21.3. The predicted molar refractivity (Wildman–Crippen MR) is 119 cm³/mol. The van der Waals surface area contributed by atoms with Crippen LogP contribution in [0.1, 0.15) is 45.7 Å². The minimum absolute atomic E-state index is 0.0571. The van der Waals surface area contributed by atoms with Gasteiger partial charge in [-0.2, -0.15) is 0 Å². The molecule has 1 fully saturated rings. The third-order valence-corrected chi connectivity index (χ3v) is 11.8. The second-order valence-electron chi connectivity index (χ2n) is 10.9. The van der Waals surface area contributed by atoms with Crippen molar-refractivity contribution < 1.29 is 28.5 Å². The monoisotopic (exact) mass is 447 g/mol. The molecule has 1 saturated heterocycles. The van der Waals surface area contributed by atoms with Crippen LogP contribution in [-0.4, -0.2) is 50.4 Å². The highest BCUT2D eigenvalue weighted by Crippen LogP contribution is 2.51. The lowest BCUT2D eigenvalue weighted by Gasteiger charge is -2.45. The Kier molecular flexibility index (Phi) is 4.61. The van der Waals surface area contributed by atoms with Gasteiger partial charge in [0.15, 0.2) is 25.6 Å². The number of ether oxygens (including phenoxy) is 4. The maximum Gasteiger partial charge on any atom is 0.231 e. The lowest BCUT2D eigenvalue weighted by atomic mass is 9.79. The summed E-state index contributed by atoms with van der Waals surface area (Å²) in [7, 11) is -2.07. The van der Waals surface area contributed by atoms with E-state index in [2.05, 4.69) is 45.3 Å². The fourth-order valence-electron chi connectivity index (χ4n) is 4.70. The Labute approximate surface area is 184 Å². The molecule has 5 rings (SSSR count). The van der Waals surface area contributed by atoms with Crippen molar-refractivity contribution in [3.63, 3.8) is 0 Å². The van der Waals surface area contributed by atoms with Crippen molar-refractivity contribution in [2.75, 3.05) is 6.79 Å².